The molecule has 3 nitrogen and oxygen atoms in total. The molecule has 6 heteroatoms. The first-order valence-electron chi connectivity index (χ1n) is 15.3. The molecule has 2 aliphatic rings. The monoisotopic (exact) mass is 649 g/mol. The van der Waals surface area contributed by atoms with E-state index < -0.39 is 0 Å². The number of aryl methyl sites for hydroxylation is 1. The van der Waals surface area contributed by atoms with E-state index in [0.717, 1.165) is 48.9 Å². The molecule has 1 saturated heterocycles. The Morgan fingerprint density at radius 1 is 0.909 bits per heavy atom. The van der Waals surface area contributed by atoms with Gasteiger partial charge in [0.2, 0.25) is 0 Å². The van der Waals surface area contributed by atoms with E-state index in [1.165, 1.54) is 42.4 Å². The fourth-order valence-corrected chi connectivity index (χ4v) is 6.34. The van der Waals surface area contributed by atoms with Gasteiger partial charge in [0.25, 0.3) is 0 Å². The molecule has 1 aliphatic heterocycles. The molecule has 1 aliphatic carbocycles. The van der Waals surface area contributed by atoms with Crippen molar-refractivity contribution in [1.29, 1.82) is 0 Å². The van der Waals surface area contributed by atoms with E-state index in [-0.39, 0.29) is 6.04 Å². The number of anilines is 1. The van der Waals surface area contributed by atoms with Gasteiger partial charge in [-0.05, 0) is 61.1 Å². The van der Waals surface area contributed by atoms with Crippen LogP contribution in [0.2, 0.25) is 15.1 Å². The quantitative estimate of drug-likeness (QED) is 0.194. The summed E-state index contributed by atoms with van der Waals surface area (Å²) >= 11 is 19.3. The third kappa shape index (κ3) is 10.4. The molecule has 2 fully saturated rings. The smallest absolute Gasteiger partial charge is 0.0825 e. The molecule has 0 radical (unpaired) electrons. The van der Waals surface area contributed by atoms with Crippen molar-refractivity contribution in [2.75, 3.05) is 31.1 Å². The zero-order valence-electron chi connectivity index (χ0n) is 25.9. The van der Waals surface area contributed by atoms with Crippen LogP contribution >= 0.6 is 34.8 Å². The molecule has 5 rings (SSSR count). The van der Waals surface area contributed by atoms with Crippen molar-refractivity contribution in [3.8, 4) is 0 Å². The number of nitrogens with zero attached hydrogens (tertiary/aromatic N) is 2. The summed E-state index contributed by atoms with van der Waals surface area (Å²) < 4.78 is 0. The number of allylic oxidation sites excluding steroid dienone is 3. The van der Waals surface area contributed by atoms with E-state index in [9.17, 15) is 0 Å². The van der Waals surface area contributed by atoms with Gasteiger partial charge in [-0.15, -0.1) is 13.2 Å². The first kappa shape index (κ1) is 35.7. The van der Waals surface area contributed by atoms with E-state index in [4.69, 9.17) is 40.5 Å². The van der Waals surface area contributed by atoms with Crippen molar-refractivity contribution in [3.05, 3.63) is 148 Å². The number of piperazine rings is 1. The highest BCUT2D eigenvalue weighted by atomic mass is 35.5. The highest BCUT2D eigenvalue weighted by Gasteiger charge is 2.28. The Hall–Kier alpha value is -2.79. The van der Waals surface area contributed by atoms with E-state index in [1.807, 2.05) is 48.6 Å². The predicted molar refractivity (Wildman–Crippen MR) is 194 cm³/mol. The Labute approximate surface area is 280 Å². The van der Waals surface area contributed by atoms with Crippen LogP contribution in [0.1, 0.15) is 48.4 Å². The van der Waals surface area contributed by atoms with Gasteiger partial charge in [-0.25, -0.2) is 0 Å². The minimum absolute atomic E-state index is 0.112. The molecule has 2 N–H and O–H groups in total. The SMILES string of the molecule is C=C.C=C/C=C\C(=C/Cc1ccccc1Cl)C(c1cccc(C)c1)N1CCN(c2cccc(Cl)c2Cl)CC1.NC1CCCC1. The van der Waals surface area contributed by atoms with Crippen molar-refractivity contribution in [3.63, 3.8) is 0 Å². The fraction of sp³-hybridized carbons (Fsp3) is 0.316. The summed E-state index contributed by atoms with van der Waals surface area (Å²) in [6.07, 6.45) is 14.3. The number of nitrogens with two attached hydrogens (primary N) is 1. The van der Waals surface area contributed by atoms with E-state index >= 15 is 0 Å². The lowest BCUT2D eigenvalue weighted by Crippen LogP contribution is -2.48. The topological polar surface area (TPSA) is 32.5 Å². The van der Waals surface area contributed by atoms with Gasteiger partial charge in [-0.2, -0.15) is 0 Å². The van der Waals surface area contributed by atoms with Crippen molar-refractivity contribution in [2.24, 2.45) is 5.73 Å². The number of hydrogen-bond donors (Lipinski definition) is 1. The highest BCUT2D eigenvalue weighted by Crippen LogP contribution is 2.36. The third-order valence-electron chi connectivity index (χ3n) is 7.97. The Bertz CT molecular complexity index is 1390. The lowest BCUT2D eigenvalue weighted by molar-refractivity contribution is 0.211. The Morgan fingerprint density at radius 2 is 1.57 bits per heavy atom. The number of benzene rings is 3. The minimum atomic E-state index is 0.112. The molecule has 0 bridgehead atoms. The van der Waals surface area contributed by atoms with Crippen LogP contribution < -0.4 is 10.6 Å². The zero-order valence-corrected chi connectivity index (χ0v) is 28.2. The van der Waals surface area contributed by atoms with Gasteiger partial charge < -0.3 is 10.6 Å². The fourth-order valence-electron chi connectivity index (χ4n) is 5.71. The summed E-state index contributed by atoms with van der Waals surface area (Å²) in [5.41, 5.74) is 11.4. The van der Waals surface area contributed by atoms with Gasteiger partial charge in [-0.1, -0.05) is 133 Å². The second kappa shape index (κ2) is 18.9. The minimum Gasteiger partial charge on any atom is -0.368 e. The molecular formula is C38H46Cl3N3. The van der Waals surface area contributed by atoms with Gasteiger partial charge >= 0.3 is 0 Å². The van der Waals surface area contributed by atoms with Crippen LogP contribution in [0.25, 0.3) is 0 Å². The molecule has 3 aromatic carbocycles. The lowest BCUT2D eigenvalue weighted by Gasteiger charge is -2.41. The third-order valence-corrected chi connectivity index (χ3v) is 9.14. The van der Waals surface area contributed by atoms with Crippen molar-refractivity contribution in [1.82, 2.24) is 4.90 Å². The van der Waals surface area contributed by atoms with Crippen LogP contribution in [0.4, 0.5) is 5.69 Å². The number of halogens is 3. The molecule has 0 amide bonds. The molecule has 0 aromatic heterocycles. The number of hydrogen-bond acceptors (Lipinski definition) is 3. The second-order valence-corrected chi connectivity index (χ2v) is 12.2. The average Bonchev–Trinajstić information content (AvgIpc) is 3.53. The van der Waals surface area contributed by atoms with Crippen molar-refractivity contribution < 1.29 is 0 Å². The molecule has 3 aromatic rings. The maximum atomic E-state index is 6.53. The first-order chi connectivity index (χ1) is 21.4. The summed E-state index contributed by atoms with van der Waals surface area (Å²) in [5.74, 6) is 0. The molecule has 234 valence electrons. The normalized spacial score (nSPS) is 16.6. The Kier molecular flexibility index (Phi) is 15.3. The molecule has 1 saturated carbocycles. The van der Waals surface area contributed by atoms with Crippen LogP contribution in [0.5, 0.6) is 0 Å². The summed E-state index contributed by atoms with van der Waals surface area (Å²) in [4.78, 5) is 4.88. The maximum Gasteiger partial charge on any atom is 0.0825 e. The Balaban J connectivity index is 0.000000582. The standard InChI is InChI=1S/C31H31Cl3N2.C5H11N.C2H4/c1-3-4-10-25(17-16-24-11-5-6-13-27(24)32)31(26-12-7-9-23(2)22-26)36-20-18-35(19-21-36)29-15-8-14-28(33)30(29)34;6-5-3-1-2-4-5;1-2/h3-15,17,22,31H,1,16,18-21H2,2H3;5H,1-4,6H2;1-2H2/b10-4-,25-17+;;. The summed E-state index contributed by atoms with van der Waals surface area (Å²) in [5, 5.41) is 2.01. The second-order valence-electron chi connectivity index (χ2n) is 11.1. The molecule has 0 spiro atoms. The molecular weight excluding hydrogens is 605 g/mol. The van der Waals surface area contributed by atoms with Crippen LogP contribution in [0, 0.1) is 6.92 Å². The Morgan fingerprint density at radius 3 is 2.18 bits per heavy atom. The van der Waals surface area contributed by atoms with Crippen molar-refractivity contribution >= 4 is 40.5 Å². The van der Waals surface area contributed by atoms with Gasteiger partial charge in [-0.3, -0.25) is 4.90 Å². The van der Waals surface area contributed by atoms with Crippen LogP contribution in [-0.2, 0) is 6.42 Å². The predicted octanol–water partition coefficient (Wildman–Crippen LogP) is 10.4. The van der Waals surface area contributed by atoms with Gasteiger partial charge in [0.05, 0.1) is 21.8 Å². The van der Waals surface area contributed by atoms with Gasteiger partial charge in [0.1, 0.15) is 0 Å². The highest BCUT2D eigenvalue weighted by molar-refractivity contribution is 6.43. The maximum absolute atomic E-state index is 6.53. The summed E-state index contributed by atoms with van der Waals surface area (Å²) in [7, 11) is 0. The van der Waals surface area contributed by atoms with Gasteiger partial charge in [0, 0.05) is 37.2 Å². The van der Waals surface area contributed by atoms with Crippen LogP contribution in [0.15, 0.2) is 116 Å². The molecule has 44 heavy (non-hydrogen) atoms. The largest absolute Gasteiger partial charge is 0.368 e. The lowest BCUT2D eigenvalue weighted by atomic mass is 9.93. The number of rotatable bonds is 8. The van der Waals surface area contributed by atoms with Crippen LogP contribution in [0.3, 0.4) is 0 Å². The van der Waals surface area contributed by atoms with Gasteiger partial charge in [0.15, 0.2) is 0 Å². The average molecular weight is 651 g/mol. The first-order valence-corrected chi connectivity index (χ1v) is 16.5. The molecule has 1 heterocycles. The zero-order chi connectivity index (χ0) is 31.9. The van der Waals surface area contributed by atoms with E-state index in [2.05, 4.69) is 78.9 Å². The van der Waals surface area contributed by atoms with E-state index in [1.54, 1.807) is 0 Å². The summed E-state index contributed by atoms with van der Waals surface area (Å²) in [6, 6.07) is 23.3. The van der Waals surface area contributed by atoms with Crippen LogP contribution in [-0.4, -0.2) is 37.1 Å². The van der Waals surface area contributed by atoms with E-state index in [0.29, 0.717) is 16.1 Å². The van der Waals surface area contributed by atoms with Crippen molar-refractivity contribution in [2.45, 2.75) is 51.1 Å². The molecule has 1 atom stereocenters. The summed E-state index contributed by atoms with van der Waals surface area (Å²) in [6.45, 7) is 15.6. The molecule has 1 unspecified atom stereocenters.